The maximum Gasteiger partial charge on any atom is 0.328 e. The van der Waals surface area contributed by atoms with Crippen LogP contribution in [0.15, 0.2) is 58.9 Å². The van der Waals surface area contributed by atoms with Gasteiger partial charge in [0.15, 0.2) is 0 Å². The Kier molecular flexibility index (Phi) is 9.00. The summed E-state index contributed by atoms with van der Waals surface area (Å²) in [4.78, 5) is 36.7. The van der Waals surface area contributed by atoms with Crippen LogP contribution in [0.3, 0.4) is 0 Å². The second-order valence-corrected chi connectivity index (χ2v) is 12.3. The molecule has 0 unspecified atom stereocenters. The van der Waals surface area contributed by atoms with Crippen LogP contribution in [0.1, 0.15) is 48.5 Å². The lowest BCUT2D eigenvalue weighted by Gasteiger charge is -2.41. The smallest absolute Gasteiger partial charge is 0.328 e. The summed E-state index contributed by atoms with van der Waals surface area (Å²) in [6, 6.07) is 15.8. The second-order valence-electron chi connectivity index (χ2n) is 9.44. The summed E-state index contributed by atoms with van der Waals surface area (Å²) in [5.74, 6) is -0.174. The van der Waals surface area contributed by atoms with Gasteiger partial charge in [0.2, 0.25) is 11.0 Å². The van der Waals surface area contributed by atoms with E-state index in [-0.39, 0.29) is 22.5 Å². The number of anilines is 1. The Morgan fingerprint density at radius 3 is 2.38 bits per heavy atom. The van der Waals surface area contributed by atoms with Crippen LogP contribution in [-0.4, -0.2) is 56.2 Å². The molecule has 4 rings (SSSR count). The minimum atomic E-state index is -4.27. The van der Waals surface area contributed by atoms with Crippen molar-refractivity contribution in [1.29, 1.82) is 0 Å². The summed E-state index contributed by atoms with van der Waals surface area (Å²) in [7, 11) is -2.75. The highest BCUT2D eigenvalue weighted by atomic mass is 32.2. The molecule has 4 N–H and O–H groups in total. The van der Waals surface area contributed by atoms with Crippen LogP contribution in [0.5, 0.6) is 5.75 Å². The van der Waals surface area contributed by atoms with Gasteiger partial charge in [0, 0.05) is 24.9 Å². The number of aromatic nitrogens is 2. The predicted molar refractivity (Wildman–Crippen MR) is 149 cm³/mol. The molecule has 40 heavy (non-hydrogen) atoms. The number of hydrogen-bond donors (Lipinski definition) is 4. The van der Waals surface area contributed by atoms with Gasteiger partial charge in [0.25, 0.3) is 20.3 Å². The van der Waals surface area contributed by atoms with Crippen molar-refractivity contribution in [3.05, 3.63) is 65.7 Å². The first-order valence-electron chi connectivity index (χ1n) is 12.5. The number of amides is 4. The van der Waals surface area contributed by atoms with Gasteiger partial charge in [-0.05, 0) is 43.4 Å². The zero-order valence-corrected chi connectivity index (χ0v) is 23.6. The number of carbonyl (C=O) groups excluding carboxylic acids is 3. The fourth-order valence-electron chi connectivity index (χ4n) is 4.75. The molecule has 0 aliphatic heterocycles. The highest BCUT2D eigenvalue weighted by Crippen LogP contribution is 2.39. The molecule has 0 spiro atoms. The van der Waals surface area contributed by atoms with E-state index in [1.165, 1.54) is 14.0 Å². The van der Waals surface area contributed by atoms with E-state index in [1.54, 1.807) is 24.3 Å². The number of ether oxygens (including phenoxy) is 1. The van der Waals surface area contributed by atoms with Gasteiger partial charge in [-0.25, -0.2) is 9.52 Å². The van der Waals surface area contributed by atoms with Crippen molar-refractivity contribution in [2.45, 2.75) is 48.4 Å². The SMILES string of the molecule is COc1ccccc1C(=O)NC[C@]1(c2ccccc2)CC[C@H](NC(=O)NS(=O)(=O)c2nnc(NC(C)=O)s2)CC1. The minimum Gasteiger partial charge on any atom is -0.496 e. The number of sulfonamides is 1. The molecule has 1 heterocycles. The average molecular weight is 587 g/mol. The van der Waals surface area contributed by atoms with E-state index in [9.17, 15) is 22.8 Å². The van der Waals surface area contributed by atoms with Crippen LogP contribution in [0, 0.1) is 0 Å². The lowest BCUT2D eigenvalue weighted by atomic mass is 9.68. The molecule has 4 amide bonds. The van der Waals surface area contributed by atoms with E-state index < -0.39 is 26.3 Å². The quantitative estimate of drug-likeness (QED) is 0.278. The lowest BCUT2D eigenvalue weighted by Crippen LogP contribution is -2.50. The molecule has 3 aromatic rings. The third-order valence-electron chi connectivity index (χ3n) is 6.75. The Labute approximate surface area is 236 Å². The van der Waals surface area contributed by atoms with Crippen molar-refractivity contribution in [3.8, 4) is 5.75 Å². The lowest BCUT2D eigenvalue weighted by molar-refractivity contribution is -0.114. The summed E-state index contributed by atoms with van der Waals surface area (Å²) < 4.78 is 32.0. The van der Waals surface area contributed by atoms with Gasteiger partial charge >= 0.3 is 6.03 Å². The topological polar surface area (TPSA) is 168 Å². The van der Waals surface area contributed by atoms with Crippen LogP contribution in [0.4, 0.5) is 9.93 Å². The predicted octanol–water partition coefficient (Wildman–Crippen LogP) is 2.80. The Morgan fingerprint density at radius 2 is 1.70 bits per heavy atom. The Balaban J connectivity index is 1.39. The zero-order valence-electron chi connectivity index (χ0n) is 22.0. The van der Waals surface area contributed by atoms with Crippen LogP contribution in [0.25, 0.3) is 0 Å². The third-order valence-corrected chi connectivity index (χ3v) is 9.29. The van der Waals surface area contributed by atoms with E-state index in [0.717, 1.165) is 5.56 Å². The Bertz CT molecular complexity index is 1470. The van der Waals surface area contributed by atoms with Crippen molar-refractivity contribution in [3.63, 3.8) is 0 Å². The number of nitrogens with zero attached hydrogens (tertiary/aromatic N) is 2. The van der Waals surface area contributed by atoms with Crippen molar-refractivity contribution in [2.75, 3.05) is 19.0 Å². The largest absolute Gasteiger partial charge is 0.496 e. The molecule has 1 aliphatic carbocycles. The monoisotopic (exact) mass is 586 g/mol. The summed E-state index contributed by atoms with van der Waals surface area (Å²) in [6.07, 6.45) is 2.44. The van der Waals surface area contributed by atoms with E-state index in [0.29, 0.717) is 54.9 Å². The number of hydrogen-bond acceptors (Lipinski definition) is 9. The number of para-hydroxylation sites is 1. The number of urea groups is 1. The minimum absolute atomic E-state index is 0.00983. The number of carbonyl (C=O) groups is 3. The Morgan fingerprint density at radius 1 is 1.02 bits per heavy atom. The van der Waals surface area contributed by atoms with E-state index in [1.807, 2.05) is 35.1 Å². The fraction of sp³-hybridized carbons (Fsp3) is 0.346. The third kappa shape index (κ3) is 6.93. The molecule has 1 fully saturated rings. The summed E-state index contributed by atoms with van der Waals surface area (Å²) in [5.41, 5.74) is 1.15. The van der Waals surface area contributed by atoms with E-state index in [4.69, 9.17) is 4.74 Å². The van der Waals surface area contributed by atoms with Crippen molar-refractivity contribution < 1.29 is 27.5 Å². The van der Waals surface area contributed by atoms with Crippen LogP contribution < -0.4 is 25.4 Å². The van der Waals surface area contributed by atoms with Crippen LogP contribution in [-0.2, 0) is 20.2 Å². The van der Waals surface area contributed by atoms with Gasteiger partial charge in [-0.1, -0.05) is 53.8 Å². The van der Waals surface area contributed by atoms with Crippen molar-refractivity contribution in [2.24, 2.45) is 0 Å². The maximum atomic E-state index is 13.0. The summed E-state index contributed by atoms with van der Waals surface area (Å²) >= 11 is 0.635. The molecule has 2 aromatic carbocycles. The van der Waals surface area contributed by atoms with Crippen LogP contribution >= 0.6 is 11.3 Å². The number of methoxy groups -OCH3 is 1. The highest BCUT2D eigenvalue weighted by Gasteiger charge is 2.38. The maximum absolute atomic E-state index is 13.0. The second kappa shape index (κ2) is 12.4. The standard InChI is InChI=1S/C26H30N6O6S2/c1-17(33)28-24-30-31-25(39-24)40(36,37)32-23(35)29-19-12-14-26(15-13-19,18-8-4-3-5-9-18)16-27-22(34)20-10-6-7-11-21(20)38-2/h3-11,19H,12-16H2,1-2H3,(H,27,34)(H,28,30,33)(H2,29,32,35)/t19-,26-. The van der Waals surface area contributed by atoms with Gasteiger partial charge in [-0.2, -0.15) is 8.42 Å². The van der Waals surface area contributed by atoms with Gasteiger partial charge in [0.1, 0.15) is 5.75 Å². The summed E-state index contributed by atoms with van der Waals surface area (Å²) in [5, 5.41) is 15.3. The van der Waals surface area contributed by atoms with Crippen LogP contribution in [0.2, 0.25) is 0 Å². The Hall–Kier alpha value is -4.04. The van der Waals surface area contributed by atoms with Gasteiger partial charge in [-0.3, -0.25) is 9.59 Å². The van der Waals surface area contributed by atoms with Gasteiger partial charge in [-0.15, -0.1) is 10.2 Å². The van der Waals surface area contributed by atoms with E-state index in [2.05, 4.69) is 26.1 Å². The molecule has 14 heteroatoms. The van der Waals surface area contributed by atoms with Gasteiger partial charge in [0.05, 0.1) is 12.7 Å². The zero-order chi connectivity index (χ0) is 28.8. The molecule has 1 aliphatic rings. The summed E-state index contributed by atoms with van der Waals surface area (Å²) in [6.45, 7) is 1.64. The first-order valence-corrected chi connectivity index (χ1v) is 14.8. The molecule has 1 saturated carbocycles. The molecule has 0 atom stereocenters. The normalized spacial score (nSPS) is 18.8. The molecule has 0 saturated heterocycles. The fourth-order valence-corrected chi connectivity index (χ4v) is 6.61. The average Bonchev–Trinajstić information content (AvgIpc) is 3.42. The van der Waals surface area contributed by atoms with Gasteiger partial charge < -0.3 is 20.7 Å². The molecule has 1 aromatic heterocycles. The first kappa shape index (κ1) is 29.0. The molecule has 0 bridgehead atoms. The first-order chi connectivity index (χ1) is 19.1. The molecular weight excluding hydrogens is 556 g/mol. The molecule has 0 radical (unpaired) electrons. The van der Waals surface area contributed by atoms with E-state index >= 15 is 0 Å². The number of nitrogens with one attached hydrogen (secondary N) is 4. The molecule has 12 nitrogen and oxygen atoms in total. The molecule has 212 valence electrons. The highest BCUT2D eigenvalue weighted by molar-refractivity contribution is 7.92. The van der Waals surface area contributed by atoms with Crippen molar-refractivity contribution >= 4 is 44.3 Å². The van der Waals surface area contributed by atoms with Crippen molar-refractivity contribution in [1.82, 2.24) is 25.6 Å². The molecular formula is C26H30N6O6S2. The number of benzene rings is 2. The number of rotatable bonds is 9.